The zero-order valence-electron chi connectivity index (χ0n) is 26.0. The third kappa shape index (κ3) is 6.58. The Balaban J connectivity index is 1.40. The first-order valence-corrected chi connectivity index (χ1v) is 16.5. The zero-order chi connectivity index (χ0) is 31.1. The fourth-order valence-electron chi connectivity index (χ4n) is 5.42. The maximum atomic E-state index is 13.9. The molecule has 1 amide bonds. The van der Waals surface area contributed by atoms with Crippen LogP contribution in [0.25, 0.3) is 15.9 Å². The molecule has 5 rings (SSSR count). The number of carbonyl (C=O) groups excluding carboxylic acids is 1. The second kappa shape index (κ2) is 11.9. The molecule has 0 spiro atoms. The molecule has 0 bridgehead atoms. The van der Waals surface area contributed by atoms with E-state index in [1.807, 2.05) is 43.3 Å². The van der Waals surface area contributed by atoms with Crippen LogP contribution < -0.4 is 11.0 Å². The molecular formula is C34H40N4O3S2. The molecule has 9 heteroatoms. The molecule has 1 aliphatic carbocycles. The summed E-state index contributed by atoms with van der Waals surface area (Å²) in [6, 6.07) is 11.6. The standard InChI is InChI=1S/C34H40N4O3S2/c1-20-12-14-22(15-13-20)38-31(41)28-23-10-8-9-11-26(23)43-30(28)36-32(38)42-19-27(39)37-35-18-21-16-24(33(2,3)4)29(40)25(17-21)34(5,6)7/h12-18,40H,8-11,19H2,1-7H3,(H,37,39)/b35-18-. The number of thioether (sulfide) groups is 1. The van der Waals surface area contributed by atoms with Crippen molar-refractivity contribution >= 4 is 45.4 Å². The molecule has 0 radical (unpaired) electrons. The topological polar surface area (TPSA) is 96.6 Å². The number of aromatic nitrogens is 2. The molecule has 2 aromatic heterocycles. The molecule has 0 fully saturated rings. The summed E-state index contributed by atoms with van der Waals surface area (Å²) in [4.78, 5) is 33.8. The van der Waals surface area contributed by atoms with E-state index in [-0.39, 0.29) is 28.0 Å². The van der Waals surface area contributed by atoms with Gasteiger partial charge in [-0.05, 0) is 78.8 Å². The molecule has 2 N–H and O–H groups in total. The van der Waals surface area contributed by atoms with Gasteiger partial charge in [-0.2, -0.15) is 5.10 Å². The molecule has 2 aromatic carbocycles. The van der Waals surface area contributed by atoms with Gasteiger partial charge in [0.1, 0.15) is 10.6 Å². The van der Waals surface area contributed by atoms with Crippen molar-refractivity contribution in [2.24, 2.45) is 5.10 Å². The molecule has 0 atom stereocenters. The fraction of sp³-hybridized carbons (Fsp3) is 0.412. The number of benzene rings is 2. The smallest absolute Gasteiger partial charge is 0.267 e. The summed E-state index contributed by atoms with van der Waals surface area (Å²) in [5.41, 5.74) is 7.44. The van der Waals surface area contributed by atoms with Gasteiger partial charge in [0.2, 0.25) is 0 Å². The van der Waals surface area contributed by atoms with Gasteiger partial charge in [-0.1, -0.05) is 71.0 Å². The summed E-state index contributed by atoms with van der Waals surface area (Å²) in [5, 5.41) is 16.4. The number of nitrogens with zero attached hydrogens (tertiary/aromatic N) is 3. The molecular weight excluding hydrogens is 577 g/mol. The molecule has 43 heavy (non-hydrogen) atoms. The second-order valence-corrected chi connectivity index (χ2v) is 15.3. The van der Waals surface area contributed by atoms with Crippen LogP contribution >= 0.6 is 23.1 Å². The second-order valence-electron chi connectivity index (χ2n) is 13.3. The molecule has 4 aromatic rings. The van der Waals surface area contributed by atoms with Crippen molar-refractivity contribution in [2.45, 2.75) is 90.1 Å². The van der Waals surface area contributed by atoms with Crippen LogP contribution in [0, 0.1) is 6.92 Å². The van der Waals surface area contributed by atoms with E-state index in [1.54, 1.807) is 22.1 Å². The Kier molecular flexibility index (Phi) is 8.60. The Labute approximate surface area is 261 Å². The van der Waals surface area contributed by atoms with E-state index in [4.69, 9.17) is 4.98 Å². The number of hydrogen-bond donors (Lipinski definition) is 2. The molecule has 0 aliphatic heterocycles. The Bertz CT molecular complexity index is 1740. The summed E-state index contributed by atoms with van der Waals surface area (Å²) < 4.78 is 1.64. The fourth-order valence-corrected chi connectivity index (χ4v) is 7.53. The van der Waals surface area contributed by atoms with Crippen molar-refractivity contribution in [3.8, 4) is 11.4 Å². The van der Waals surface area contributed by atoms with Gasteiger partial charge in [0.25, 0.3) is 11.5 Å². The Morgan fingerprint density at radius 2 is 1.70 bits per heavy atom. The lowest BCUT2D eigenvalue weighted by Crippen LogP contribution is -2.24. The number of hydrogen-bond acceptors (Lipinski definition) is 7. The number of aryl methyl sites for hydroxylation is 3. The highest BCUT2D eigenvalue weighted by Gasteiger charge is 2.27. The van der Waals surface area contributed by atoms with Crippen LogP contribution in [0.3, 0.4) is 0 Å². The van der Waals surface area contributed by atoms with E-state index in [0.717, 1.165) is 69.4 Å². The summed E-state index contributed by atoms with van der Waals surface area (Å²) in [5.74, 6) is 0.0399. The number of phenols is 1. The number of thiophene rings is 1. The van der Waals surface area contributed by atoms with Crippen LogP contribution in [0.1, 0.15) is 87.1 Å². The van der Waals surface area contributed by atoms with Gasteiger partial charge in [0, 0.05) is 16.0 Å². The minimum Gasteiger partial charge on any atom is -0.507 e. The third-order valence-electron chi connectivity index (χ3n) is 7.73. The van der Waals surface area contributed by atoms with Crippen LogP contribution in [0.15, 0.2) is 51.5 Å². The van der Waals surface area contributed by atoms with Gasteiger partial charge in [0.15, 0.2) is 5.16 Å². The van der Waals surface area contributed by atoms with Crippen molar-refractivity contribution < 1.29 is 9.90 Å². The Morgan fingerprint density at radius 1 is 1.07 bits per heavy atom. The monoisotopic (exact) mass is 616 g/mol. The van der Waals surface area contributed by atoms with Gasteiger partial charge in [-0.15, -0.1) is 11.3 Å². The molecule has 0 saturated carbocycles. The lowest BCUT2D eigenvalue weighted by Gasteiger charge is -2.27. The third-order valence-corrected chi connectivity index (χ3v) is 9.86. The number of phenolic OH excluding ortho intramolecular Hbond substituents is 1. The van der Waals surface area contributed by atoms with Crippen molar-refractivity contribution in [3.05, 3.63) is 79.4 Å². The van der Waals surface area contributed by atoms with E-state index in [9.17, 15) is 14.7 Å². The van der Waals surface area contributed by atoms with Crippen LogP contribution in [0.5, 0.6) is 5.75 Å². The van der Waals surface area contributed by atoms with Gasteiger partial charge < -0.3 is 5.11 Å². The minimum atomic E-state index is -0.303. The highest BCUT2D eigenvalue weighted by Crippen LogP contribution is 2.39. The highest BCUT2D eigenvalue weighted by atomic mass is 32.2. The van der Waals surface area contributed by atoms with E-state index >= 15 is 0 Å². The lowest BCUT2D eigenvalue weighted by atomic mass is 9.78. The van der Waals surface area contributed by atoms with Crippen molar-refractivity contribution in [2.75, 3.05) is 5.75 Å². The van der Waals surface area contributed by atoms with Crippen molar-refractivity contribution in [1.29, 1.82) is 0 Å². The molecule has 7 nitrogen and oxygen atoms in total. The molecule has 0 unspecified atom stereocenters. The van der Waals surface area contributed by atoms with Crippen molar-refractivity contribution in [1.82, 2.24) is 15.0 Å². The number of nitrogens with one attached hydrogen (secondary N) is 1. The highest BCUT2D eigenvalue weighted by molar-refractivity contribution is 7.99. The lowest BCUT2D eigenvalue weighted by molar-refractivity contribution is -0.118. The van der Waals surface area contributed by atoms with Crippen LogP contribution in [-0.4, -0.2) is 32.5 Å². The average molecular weight is 617 g/mol. The number of rotatable bonds is 6. The summed E-state index contributed by atoms with van der Waals surface area (Å²) in [6.45, 7) is 14.4. The van der Waals surface area contributed by atoms with Gasteiger partial charge in [-0.25, -0.2) is 10.4 Å². The predicted molar refractivity (Wildman–Crippen MR) is 179 cm³/mol. The van der Waals surface area contributed by atoms with Crippen molar-refractivity contribution in [3.63, 3.8) is 0 Å². The predicted octanol–water partition coefficient (Wildman–Crippen LogP) is 7.18. The van der Waals surface area contributed by atoms with Gasteiger partial charge in [0.05, 0.1) is 23.0 Å². The number of amides is 1. The number of aromatic hydroxyl groups is 1. The molecule has 0 saturated heterocycles. The summed E-state index contributed by atoms with van der Waals surface area (Å²) in [6.07, 6.45) is 5.71. The summed E-state index contributed by atoms with van der Waals surface area (Å²) >= 11 is 2.84. The normalized spacial score (nSPS) is 13.9. The quantitative estimate of drug-likeness (QED) is 0.104. The van der Waals surface area contributed by atoms with Crippen LogP contribution in [0.4, 0.5) is 0 Å². The minimum absolute atomic E-state index is 0.0439. The van der Waals surface area contributed by atoms with E-state index in [2.05, 4.69) is 52.1 Å². The van der Waals surface area contributed by atoms with E-state index in [0.29, 0.717) is 10.9 Å². The first kappa shape index (κ1) is 31.0. The van der Waals surface area contributed by atoms with Gasteiger partial charge in [-0.3, -0.25) is 14.2 Å². The SMILES string of the molecule is Cc1ccc(-n2c(SCC(=O)N/N=C\c3cc(C(C)(C)C)c(O)c(C(C)(C)C)c3)nc3sc4c(c3c2=O)CCCC4)cc1. The first-order chi connectivity index (χ1) is 20.2. The molecule has 226 valence electrons. The number of fused-ring (bicyclic) bond motifs is 3. The Hall–Kier alpha value is -3.43. The summed E-state index contributed by atoms with van der Waals surface area (Å²) in [7, 11) is 0. The first-order valence-electron chi connectivity index (χ1n) is 14.7. The van der Waals surface area contributed by atoms with E-state index < -0.39 is 0 Å². The van der Waals surface area contributed by atoms with Gasteiger partial charge >= 0.3 is 0 Å². The largest absolute Gasteiger partial charge is 0.507 e. The maximum Gasteiger partial charge on any atom is 0.267 e. The molecule has 1 aliphatic rings. The maximum absolute atomic E-state index is 13.9. The molecule has 2 heterocycles. The van der Waals surface area contributed by atoms with Crippen LogP contribution in [0.2, 0.25) is 0 Å². The Morgan fingerprint density at radius 3 is 2.33 bits per heavy atom. The number of hydrazone groups is 1. The van der Waals surface area contributed by atoms with Crippen LogP contribution in [-0.2, 0) is 28.5 Å². The average Bonchev–Trinajstić information content (AvgIpc) is 3.31. The van der Waals surface area contributed by atoms with E-state index in [1.165, 1.54) is 16.6 Å². The zero-order valence-corrected chi connectivity index (χ0v) is 27.6. The number of carbonyl (C=O) groups is 1.